The van der Waals surface area contributed by atoms with Crippen LogP contribution >= 0.6 is 0 Å². The Balaban J connectivity index is 2.24. The average molecular weight is 269 g/mol. The van der Waals surface area contributed by atoms with E-state index in [1.165, 1.54) is 11.8 Å². The summed E-state index contributed by atoms with van der Waals surface area (Å²) in [5, 5.41) is 18.2. The van der Waals surface area contributed by atoms with Gasteiger partial charge in [-0.15, -0.1) is 0 Å². The maximum Gasteiger partial charge on any atom is 0.326 e. The number of carbonyl (C=O) groups is 3. The molecule has 0 bridgehead atoms. The number of carboxylic acid groups (broad SMARTS) is 2. The Morgan fingerprint density at radius 2 is 1.79 bits per heavy atom. The number of hydrogen-bond donors (Lipinski definition) is 2. The van der Waals surface area contributed by atoms with Crippen LogP contribution in [-0.2, 0) is 14.4 Å². The first-order chi connectivity index (χ1) is 8.93. The molecule has 0 aromatic heterocycles. The predicted molar refractivity (Wildman–Crippen MR) is 65.4 cm³/mol. The molecule has 0 spiro atoms. The van der Waals surface area contributed by atoms with Crippen molar-refractivity contribution in [3.8, 4) is 0 Å². The van der Waals surface area contributed by atoms with Gasteiger partial charge in [-0.1, -0.05) is 12.8 Å². The van der Waals surface area contributed by atoms with Crippen molar-refractivity contribution < 1.29 is 24.6 Å². The van der Waals surface area contributed by atoms with Gasteiger partial charge in [-0.25, -0.2) is 4.79 Å². The summed E-state index contributed by atoms with van der Waals surface area (Å²) in [7, 11) is 0. The Morgan fingerprint density at radius 1 is 1.16 bits per heavy atom. The summed E-state index contributed by atoms with van der Waals surface area (Å²) in [4.78, 5) is 35.8. The van der Waals surface area contributed by atoms with Crippen LogP contribution in [0.5, 0.6) is 0 Å². The van der Waals surface area contributed by atoms with Gasteiger partial charge >= 0.3 is 11.9 Å². The quantitative estimate of drug-likeness (QED) is 0.744. The fourth-order valence-corrected chi connectivity index (χ4v) is 3.33. The summed E-state index contributed by atoms with van der Waals surface area (Å²) in [6.45, 7) is 1.32. The molecule has 2 N–H and O–H groups in total. The molecule has 1 saturated heterocycles. The molecule has 0 aromatic rings. The molecule has 106 valence electrons. The van der Waals surface area contributed by atoms with Crippen molar-refractivity contribution in [2.75, 3.05) is 0 Å². The molecule has 6 nitrogen and oxygen atoms in total. The van der Waals surface area contributed by atoms with Gasteiger partial charge in [-0.05, 0) is 32.1 Å². The monoisotopic (exact) mass is 269 g/mol. The van der Waals surface area contributed by atoms with E-state index in [1.54, 1.807) is 0 Å². The molecule has 2 rings (SSSR count). The van der Waals surface area contributed by atoms with E-state index < -0.39 is 29.8 Å². The third kappa shape index (κ3) is 2.43. The number of aliphatic carboxylic acids is 2. The van der Waals surface area contributed by atoms with E-state index >= 15 is 0 Å². The molecule has 0 radical (unpaired) electrons. The summed E-state index contributed by atoms with van der Waals surface area (Å²) in [6, 6.07) is -0.952. The number of carbonyl (C=O) groups excluding carboxylic acids is 1. The van der Waals surface area contributed by atoms with Crippen LogP contribution in [0, 0.1) is 11.8 Å². The number of nitrogens with zero attached hydrogens (tertiary/aromatic N) is 1. The number of amides is 1. The molecular weight excluding hydrogens is 250 g/mol. The lowest BCUT2D eigenvalue weighted by Crippen LogP contribution is -2.49. The first-order valence-electron chi connectivity index (χ1n) is 6.71. The first kappa shape index (κ1) is 13.8. The van der Waals surface area contributed by atoms with E-state index in [9.17, 15) is 19.5 Å². The largest absolute Gasteiger partial charge is 0.481 e. The van der Waals surface area contributed by atoms with Gasteiger partial charge in [-0.3, -0.25) is 9.59 Å². The lowest BCUT2D eigenvalue weighted by atomic mass is 9.84. The SMILES string of the molecule is CC(C(=O)O)C(=O)N1C(C(=O)O)CC2CCCCC21. The highest BCUT2D eigenvalue weighted by Gasteiger charge is 2.49. The number of hydrogen-bond acceptors (Lipinski definition) is 3. The maximum atomic E-state index is 12.2. The van der Waals surface area contributed by atoms with E-state index in [0.29, 0.717) is 6.42 Å². The second-order valence-corrected chi connectivity index (χ2v) is 5.51. The van der Waals surface area contributed by atoms with Crippen molar-refractivity contribution >= 4 is 17.8 Å². The van der Waals surface area contributed by atoms with Gasteiger partial charge in [0.15, 0.2) is 0 Å². The highest BCUT2D eigenvalue weighted by Crippen LogP contribution is 2.40. The van der Waals surface area contributed by atoms with Crippen LogP contribution in [0.15, 0.2) is 0 Å². The van der Waals surface area contributed by atoms with Gasteiger partial charge in [0.25, 0.3) is 0 Å². The molecule has 0 aromatic carbocycles. The fraction of sp³-hybridized carbons (Fsp3) is 0.769. The molecule has 1 aliphatic carbocycles. The lowest BCUT2D eigenvalue weighted by molar-refractivity contribution is -0.157. The molecule has 1 heterocycles. The number of fused-ring (bicyclic) bond motifs is 1. The summed E-state index contributed by atoms with van der Waals surface area (Å²) < 4.78 is 0. The Morgan fingerprint density at radius 3 is 2.37 bits per heavy atom. The van der Waals surface area contributed by atoms with E-state index in [2.05, 4.69) is 0 Å². The van der Waals surface area contributed by atoms with E-state index in [0.717, 1.165) is 25.7 Å². The van der Waals surface area contributed by atoms with E-state index in [-0.39, 0.29) is 12.0 Å². The van der Waals surface area contributed by atoms with Crippen molar-refractivity contribution in [1.29, 1.82) is 0 Å². The molecule has 1 saturated carbocycles. The second-order valence-electron chi connectivity index (χ2n) is 5.51. The molecule has 1 amide bonds. The Hall–Kier alpha value is -1.59. The molecule has 19 heavy (non-hydrogen) atoms. The van der Waals surface area contributed by atoms with Crippen LogP contribution in [0.3, 0.4) is 0 Å². The van der Waals surface area contributed by atoms with Crippen LogP contribution in [0.25, 0.3) is 0 Å². The Labute approximate surface area is 111 Å². The lowest BCUT2D eigenvalue weighted by Gasteiger charge is -2.33. The van der Waals surface area contributed by atoms with Gasteiger partial charge in [0.1, 0.15) is 12.0 Å². The van der Waals surface area contributed by atoms with Crippen molar-refractivity contribution in [1.82, 2.24) is 4.90 Å². The second kappa shape index (κ2) is 5.19. The molecule has 6 heteroatoms. The average Bonchev–Trinajstić information content (AvgIpc) is 2.76. The predicted octanol–water partition coefficient (Wildman–Crippen LogP) is 0.951. The minimum absolute atomic E-state index is 0.0934. The summed E-state index contributed by atoms with van der Waals surface area (Å²) >= 11 is 0. The van der Waals surface area contributed by atoms with Crippen molar-refractivity contribution in [2.45, 2.75) is 51.1 Å². The smallest absolute Gasteiger partial charge is 0.326 e. The summed E-state index contributed by atoms with van der Waals surface area (Å²) in [5.74, 6) is -3.76. The highest BCUT2D eigenvalue weighted by atomic mass is 16.4. The summed E-state index contributed by atoms with van der Waals surface area (Å²) in [5.41, 5.74) is 0. The molecule has 1 aliphatic heterocycles. The van der Waals surface area contributed by atoms with Crippen LogP contribution in [0.1, 0.15) is 39.0 Å². The fourth-order valence-electron chi connectivity index (χ4n) is 3.33. The number of rotatable bonds is 3. The Bertz CT molecular complexity index is 408. The van der Waals surface area contributed by atoms with Crippen LogP contribution in [-0.4, -0.2) is 45.0 Å². The van der Waals surface area contributed by atoms with Gasteiger partial charge in [-0.2, -0.15) is 0 Å². The third-order valence-electron chi connectivity index (χ3n) is 4.37. The van der Waals surface area contributed by atoms with Crippen molar-refractivity contribution in [3.63, 3.8) is 0 Å². The van der Waals surface area contributed by atoms with Gasteiger partial charge in [0.2, 0.25) is 5.91 Å². The zero-order valence-electron chi connectivity index (χ0n) is 10.9. The van der Waals surface area contributed by atoms with Crippen molar-refractivity contribution in [2.24, 2.45) is 11.8 Å². The molecule has 4 atom stereocenters. The minimum atomic E-state index is -1.20. The topological polar surface area (TPSA) is 94.9 Å². The normalized spacial score (nSPS) is 31.6. The van der Waals surface area contributed by atoms with Gasteiger partial charge in [0.05, 0.1) is 0 Å². The van der Waals surface area contributed by atoms with E-state index in [1.807, 2.05) is 0 Å². The zero-order chi connectivity index (χ0) is 14.2. The number of likely N-dealkylation sites (tertiary alicyclic amines) is 1. The van der Waals surface area contributed by atoms with Gasteiger partial charge in [0, 0.05) is 6.04 Å². The standard InChI is InChI=1S/C13H19NO5/c1-7(12(16)17)11(15)14-9-5-3-2-4-8(9)6-10(14)13(18)19/h7-10H,2-6H2,1H3,(H,16,17)(H,18,19). The van der Waals surface area contributed by atoms with Crippen LogP contribution < -0.4 is 0 Å². The third-order valence-corrected chi connectivity index (χ3v) is 4.37. The maximum absolute atomic E-state index is 12.2. The summed E-state index contributed by atoms with van der Waals surface area (Å²) in [6.07, 6.45) is 4.20. The van der Waals surface area contributed by atoms with Gasteiger partial charge < -0.3 is 15.1 Å². The Kier molecular flexibility index (Phi) is 3.78. The highest BCUT2D eigenvalue weighted by molar-refractivity contribution is 5.98. The van der Waals surface area contributed by atoms with Crippen LogP contribution in [0.4, 0.5) is 0 Å². The van der Waals surface area contributed by atoms with Crippen LogP contribution in [0.2, 0.25) is 0 Å². The molecule has 2 aliphatic rings. The van der Waals surface area contributed by atoms with Crippen molar-refractivity contribution in [3.05, 3.63) is 0 Å². The zero-order valence-corrected chi connectivity index (χ0v) is 10.9. The number of carboxylic acids is 2. The first-order valence-corrected chi connectivity index (χ1v) is 6.71. The minimum Gasteiger partial charge on any atom is -0.481 e. The molecule has 2 fully saturated rings. The molecule has 4 unspecified atom stereocenters. The van der Waals surface area contributed by atoms with E-state index in [4.69, 9.17) is 5.11 Å². The molecular formula is C13H19NO5.